The fourth-order valence-corrected chi connectivity index (χ4v) is 2.80. The Morgan fingerprint density at radius 1 is 1.29 bits per heavy atom. The van der Waals surface area contributed by atoms with E-state index in [1.165, 1.54) is 13.2 Å². The van der Waals surface area contributed by atoms with E-state index in [9.17, 15) is 9.18 Å². The van der Waals surface area contributed by atoms with Gasteiger partial charge in [0.2, 0.25) is 0 Å². The van der Waals surface area contributed by atoms with Crippen molar-refractivity contribution in [3.8, 4) is 0 Å². The molecule has 0 spiro atoms. The molecule has 6 nitrogen and oxygen atoms in total. The summed E-state index contributed by atoms with van der Waals surface area (Å²) in [6, 6.07) is 11.5. The Bertz CT molecular complexity index is 800. The molecule has 152 valence electrons. The van der Waals surface area contributed by atoms with Gasteiger partial charge in [0.15, 0.2) is 6.10 Å². The second-order valence-electron chi connectivity index (χ2n) is 6.08. The number of methoxy groups -OCH3 is 1. The van der Waals surface area contributed by atoms with Gasteiger partial charge in [-0.2, -0.15) is 0 Å². The van der Waals surface area contributed by atoms with Crippen molar-refractivity contribution in [3.63, 3.8) is 0 Å². The summed E-state index contributed by atoms with van der Waals surface area (Å²) in [7, 11) is 1.36. The largest absolute Gasteiger partial charge is 0.396 e. The molecule has 0 radical (unpaired) electrons. The minimum Gasteiger partial charge on any atom is -0.396 e. The maximum atomic E-state index is 14.4. The molecule has 2 aromatic carbocycles. The van der Waals surface area contributed by atoms with E-state index < -0.39 is 17.8 Å². The average molecular weight is 410 g/mol. The van der Waals surface area contributed by atoms with Gasteiger partial charge in [-0.25, -0.2) is 4.39 Å². The Labute approximate surface area is 169 Å². The highest BCUT2D eigenvalue weighted by Crippen LogP contribution is 2.26. The van der Waals surface area contributed by atoms with E-state index in [1.54, 1.807) is 36.4 Å². The van der Waals surface area contributed by atoms with E-state index in [-0.39, 0.29) is 37.0 Å². The maximum absolute atomic E-state index is 14.4. The van der Waals surface area contributed by atoms with Crippen LogP contribution in [0.2, 0.25) is 0 Å². The number of hydrogen-bond acceptors (Lipinski definition) is 4. The highest BCUT2D eigenvalue weighted by molar-refractivity contribution is 5.94. The number of carbonyl (C=O) groups excluding carboxylic acids is 1. The fraction of sp³-hybridized carbons (Fsp3) is 0.300. The summed E-state index contributed by atoms with van der Waals surface area (Å²) in [5.41, 5.74) is 7.66. The lowest BCUT2D eigenvalue weighted by molar-refractivity contribution is -0.131. The standard InChI is InChI=1S/C20H24FN3O3.ClH/c1-27-18(17-14(5-3-11-25)4-2-6-16(17)21)20(26)24-12-13-7-9-15(10-8-13)19(22)23;/h2,4,6-10,18,25H,3,5,11-12H2,1H3,(H3,22,23)(H,24,26);1H. The van der Waals surface area contributed by atoms with E-state index in [2.05, 4.69) is 5.32 Å². The molecule has 0 fully saturated rings. The predicted molar refractivity (Wildman–Crippen MR) is 108 cm³/mol. The lowest BCUT2D eigenvalue weighted by atomic mass is 9.97. The molecular weight excluding hydrogens is 385 g/mol. The van der Waals surface area contributed by atoms with Gasteiger partial charge >= 0.3 is 0 Å². The molecule has 0 aliphatic heterocycles. The summed E-state index contributed by atoms with van der Waals surface area (Å²) < 4.78 is 19.7. The van der Waals surface area contributed by atoms with Crippen LogP contribution in [0, 0.1) is 11.2 Å². The number of benzene rings is 2. The zero-order chi connectivity index (χ0) is 19.8. The Morgan fingerprint density at radius 2 is 1.96 bits per heavy atom. The van der Waals surface area contributed by atoms with Crippen molar-refractivity contribution < 1.29 is 19.0 Å². The van der Waals surface area contributed by atoms with Crippen LogP contribution in [-0.4, -0.2) is 30.6 Å². The fourth-order valence-electron chi connectivity index (χ4n) is 2.80. The SMILES string of the molecule is COC(C(=O)NCc1ccc(C(=N)N)cc1)c1c(F)cccc1CCCO.Cl. The number of halogens is 2. The van der Waals surface area contributed by atoms with Gasteiger partial charge in [0.05, 0.1) is 0 Å². The van der Waals surface area contributed by atoms with Gasteiger partial charge < -0.3 is 20.9 Å². The van der Waals surface area contributed by atoms with E-state index in [0.29, 0.717) is 24.0 Å². The van der Waals surface area contributed by atoms with Gasteiger partial charge in [0.1, 0.15) is 11.7 Å². The summed E-state index contributed by atoms with van der Waals surface area (Å²) in [6.45, 7) is 0.216. The monoisotopic (exact) mass is 409 g/mol. The first-order valence-corrected chi connectivity index (χ1v) is 8.60. The first-order valence-electron chi connectivity index (χ1n) is 8.60. The number of amides is 1. The number of ether oxygens (including phenoxy) is 1. The van der Waals surface area contributed by atoms with Crippen LogP contribution in [0.15, 0.2) is 42.5 Å². The molecule has 0 aromatic heterocycles. The Morgan fingerprint density at radius 3 is 2.54 bits per heavy atom. The van der Waals surface area contributed by atoms with Crippen molar-refractivity contribution in [3.05, 3.63) is 70.5 Å². The summed E-state index contributed by atoms with van der Waals surface area (Å²) in [5, 5.41) is 19.2. The molecular formula is C20H25ClFN3O3. The van der Waals surface area contributed by atoms with Gasteiger partial charge in [-0.3, -0.25) is 10.2 Å². The third kappa shape index (κ3) is 6.02. The molecule has 1 atom stereocenters. The van der Waals surface area contributed by atoms with Gasteiger partial charge in [-0.15, -0.1) is 12.4 Å². The lowest BCUT2D eigenvalue weighted by Crippen LogP contribution is -2.31. The summed E-state index contributed by atoms with van der Waals surface area (Å²) in [6.07, 6.45) is -0.170. The number of aryl methyl sites for hydroxylation is 1. The molecule has 0 aliphatic rings. The summed E-state index contributed by atoms with van der Waals surface area (Å²) in [5.74, 6) is -0.998. The molecule has 0 saturated heterocycles. The number of amidine groups is 1. The molecule has 0 aliphatic carbocycles. The van der Waals surface area contributed by atoms with Crippen LogP contribution in [-0.2, 0) is 22.5 Å². The number of rotatable bonds is 9. The zero-order valence-electron chi connectivity index (χ0n) is 15.6. The Kier molecular flexibility index (Phi) is 9.58. The first kappa shape index (κ1) is 23.6. The van der Waals surface area contributed by atoms with Crippen molar-refractivity contribution in [2.24, 2.45) is 5.73 Å². The van der Waals surface area contributed by atoms with E-state index in [1.807, 2.05) is 0 Å². The zero-order valence-corrected chi connectivity index (χ0v) is 16.4. The van der Waals surface area contributed by atoms with Crippen molar-refractivity contribution in [1.82, 2.24) is 5.32 Å². The third-order valence-corrected chi connectivity index (χ3v) is 4.22. The smallest absolute Gasteiger partial charge is 0.254 e. The maximum Gasteiger partial charge on any atom is 0.254 e. The summed E-state index contributed by atoms with van der Waals surface area (Å²) >= 11 is 0. The second-order valence-corrected chi connectivity index (χ2v) is 6.08. The van der Waals surface area contributed by atoms with Crippen molar-refractivity contribution in [1.29, 1.82) is 5.41 Å². The van der Waals surface area contributed by atoms with Crippen LogP contribution in [0.1, 0.15) is 34.8 Å². The minimum atomic E-state index is -1.09. The number of carbonyl (C=O) groups is 1. The normalized spacial score (nSPS) is 11.4. The van der Waals surface area contributed by atoms with Crippen LogP contribution in [0.3, 0.4) is 0 Å². The van der Waals surface area contributed by atoms with E-state index in [4.69, 9.17) is 21.0 Å². The minimum absolute atomic E-state index is 0. The lowest BCUT2D eigenvalue weighted by Gasteiger charge is -2.19. The molecule has 28 heavy (non-hydrogen) atoms. The first-order chi connectivity index (χ1) is 13.0. The van der Waals surface area contributed by atoms with Crippen LogP contribution in [0.4, 0.5) is 4.39 Å². The molecule has 1 amide bonds. The molecule has 0 bridgehead atoms. The van der Waals surface area contributed by atoms with Gasteiger partial charge in [0, 0.05) is 31.4 Å². The highest BCUT2D eigenvalue weighted by Gasteiger charge is 2.26. The number of aliphatic hydroxyl groups excluding tert-OH is 1. The number of nitrogens with one attached hydrogen (secondary N) is 2. The topological polar surface area (TPSA) is 108 Å². The number of hydrogen-bond donors (Lipinski definition) is 4. The summed E-state index contributed by atoms with van der Waals surface area (Å²) in [4.78, 5) is 12.6. The molecule has 0 saturated carbocycles. The van der Waals surface area contributed by atoms with Gasteiger partial charge in [0.25, 0.3) is 5.91 Å². The predicted octanol–water partition coefficient (Wildman–Crippen LogP) is 2.46. The molecule has 0 heterocycles. The third-order valence-electron chi connectivity index (χ3n) is 4.22. The van der Waals surface area contributed by atoms with Crippen LogP contribution >= 0.6 is 12.4 Å². The molecule has 8 heteroatoms. The van der Waals surface area contributed by atoms with Crippen LogP contribution in [0.25, 0.3) is 0 Å². The van der Waals surface area contributed by atoms with E-state index >= 15 is 0 Å². The quantitative estimate of drug-likeness (QED) is 0.377. The number of nitrogens with two attached hydrogens (primary N) is 1. The Hall–Kier alpha value is -2.48. The molecule has 2 aromatic rings. The Balaban J connectivity index is 0.00000392. The van der Waals surface area contributed by atoms with Crippen LogP contribution in [0.5, 0.6) is 0 Å². The van der Waals surface area contributed by atoms with Crippen molar-refractivity contribution in [2.45, 2.75) is 25.5 Å². The van der Waals surface area contributed by atoms with Crippen molar-refractivity contribution >= 4 is 24.1 Å². The van der Waals surface area contributed by atoms with Gasteiger partial charge in [-0.05, 0) is 30.0 Å². The molecule has 1 unspecified atom stereocenters. The van der Waals surface area contributed by atoms with Gasteiger partial charge in [-0.1, -0.05) is 36.4 Å². The van der Waals surface area contributed by atoms with Crippen molar-refractivity contribution in [2.75, 3.05) is 13.7 Å². The van der Waals surface area contributed by atoms with E-state index in [0.717, 1.165) is 5.56 Å². The molecule has 5 N–H and O–H groups in total. The average Bonchev–Trinajstić information content (AvgIpc) is 2.67. The highest BCUT2D eigenvalue weighted by atomic mass is 35.5. The number of aliphatic hydroxyl groups is 1. The second kappa shape index (κ2) is 11.4. The van der Waals surface area contributed by atoms with Crippen LogP contribution < -0.4 is 11.1 Å². The molecule has 2 rings (SSSR count). The number of nitrogen functional groups attached to an aromatic ring is 1.